The summed E-state index contributed by atoms with van der Waals surface area (Å²) in [6, 6.07) is 0. The van der Waals surface area contributed by atoms with Gasteiger partial charge in [-0.25, -0.2) is 0 Å². The molecule has 0 heterocycles. The van der Waals surface area contributed by atoms with Crippen LogP contribution in [0.25, 0.3) is 0 Å². The fourth-order valence-electron chi connectivity index (χ4n) is 3.71. The minimum atomic E-state index is 0.0372. The van der Waals surface area contributed by atoms with E-state index >= 15 is 0 Å². The van der Waals surface area contributed by atoms with E-state index in [1.807, 2.05) is 6.92 Å². The van der Waals surface area contributed by atoms with Crippen molar-refractivity contribution in [3.8, 4) is 0 Å². The van der Waals surface area contributed by atoms with Crippen molar-refractivity contribution in [1.29, 1.82) is 0 Å². The second kappa shape index (κ2) is 3.50. The second-order valence-electron chi connectivity index (χ2n) is 5.81. The summed E-state index contributed by atoms with van der Waals surface area (Å²) in [5.74, 6) is 2.18. The lowest BCUT2D eigenvalue weighted by Gasteiger charge is -2.61. The molecule has 4 unspecified atom stereocenters. The first-order valence-electron chi connectivity index (χ1n) is 6.15. The van der Waals surface area contributed by atoms with E-state index in [1.165, 1.54) is 6.42 Å². The largest absolute Gasteiger partial charge is 0.466 e. The van der Waals surface area contributed by atoms with Crippen molar-refractivity contribution in [2.24, 2.45) is 29.1 Å². The SMILES string of the molecule is CCOC(=O)C1CC2CC(C1C)C2(C)C. The minimum Gasteiger partial charge on any atom is -0.466 e. The Hall–Kier alpha value is -0.530. The van der Waals surface area contributed by atoms with Crippen LogP contribution in [-0.4, -0.2) is 12.6 Å². The molecule has 0 aromatic heterocycles. The van der Waals surface area contributed by atoms with Crippen molar-refractivity contribution in [1.82, 2.24) is 0 Å². The molecule has 0 N–H and O–H groups in total. The average molecular weight is 210 g/mol. The van der Waals surface area contributed by atoms with Crippen molar-refractivity contribution >= 4 is 5.97 Å². The Bertz CT molecular complexity index is 270. The maximum absolute atomic E-state index is 11.8. The summed E-state index contributed by atoms with van der Waals surface area (Å²) in [7, 11) is 0. The number of carbonyl (C=O) groups is 1. The van der Waals surface area contributed by atoms with Crippen LogP contribution in [0, 0.1) is 29.1 Å². The molecule has 0 radical (unpaired) electrons. The highest BCUT2D eigenvalue weighted by Gasteiger charge is 2.57. The molecule has 3 fully saturated rings. The summed E-state index contributed by atoms with van der Waals surface area (Å²) in [5, 5.41) is 0. The lowest BCUT2D eigenvalue weighted by atomic mass is 9.43. The number of rotatable bonds is 2. The third-order valence-electron chi connectivity index (χ3n) is 4.94. The molecule has 0 saturated heterocycles. The van der Waals surface area contributed by atoms with Crippen LogP contribution in [-0.2, 0) is 9.53 Å². The highest BCUT2D eigenvalue weighted by atomic mass is 16.5. The Morgan fingerprint density at radius 1 is 1.40 bits per heavy atom. The van der Waals surface area contributed by atoms with Gasteiger partial charge in [-0.3, -0.25) is 4.79 Å². The molecule has 4 atom stereocenters. The van der Waals surface area contributed by atoms with E-state index in [9.17, 15) is 4.79 Å². The van der Waals surface area contributed by atoms with Crippen molar-refractivity contribution in [2.75, 3.05) is 6.61 Å². The van der Waals surface area contributed by atoms with Gasteiger partial charge in [0.1, 0.15) is 0 Å². The molecule has 0 amide bonds. The normalized spacial score (nSPS) is 41.9. The van der Waals surface area contributed by atoms with Gasteiger partial charge in [0, 0.05) is 0 Å². The molecule has 15 heavy (non-hydrogen) atoms. The molecule has 3 aliphatic rings. The zero-order valence-electron chi connectivity index (χ0n) is 10.2. The van der Waals surface area contributed by atoms with Gasteiger partial charge in [0.25, 0.3) is 0 Å². The van der Waals surface area contributed by atoms with Crippen LogP contribution in [0.4, 0.5) is 0 Å². The van der Waals surface area contributed by atoms with Crippen molar-refractivity contribution in [3.05, 3.63) is 0 Å². The van der Waals surface area contributed by atoms with Gasteiger partial charge in [0.2, 0.25) is 0 Å². The monoisotopic (exact) mass is 210 g/mol. The summed E-state index contributed by atoms with van der Waals surface area (Å²) in [6.45, 7) is 9.33. The van der Waals surface area contributed by atoms with E-state index < -0.39 is 0 Å². The Morgan fingerprint density at radius 2 is 2.07 bits per heavy atom. The van der Waals surface area contributed by atoms with E-state index in [0.717, 1.165) is 18.3 Å². The van der Waals surface area contributed by atoms with Crippen LogP contribution in [0.2, 0.25) is 0 Å². The lowest BCUT2D eigenvalue weighted by molar-refractivity contribution is -0.172. The zero-order valence-corrected chi connectivity index (χ0v) is 10.2. The first kappa shape index (κ1) is 11.0. The molecule has 0 aromatic rings. The second-order valence-corrected chi connectivity index (χ2v) is 5.81. The lowest BCUT2D eigenvalue weighted by Crippen LogP contribution is -2.56. The molecular formula is C13H22O2. The van der Waals surface area contributed by atoms with Gasteiger partial charge in [0.05, 0.1) is 12.5 Å². The van der Waals surface area contributed by atoms with Gasteiger partial charge in [-0.15, -0.1) is 0 Å². The number of fused-ring (bicyclic) bond motifs is 2. The summed E-state index contributed by atoms with van der Waals surface area (Å²) in [6.07, 6.45) is 2.37. The molecule has 0 aromatic carbocycles. The van der Waals surface area contributed by atoms with Gasteiger partial charge in [-0.1, -0.05) is 20.8 Å². The number of carbonyl (C=O) groups excluding carboxylic acids is 1. The zero-order chi connectivity index (χ0) is 11.2. The van der Waals surface area contributed by atoms with Crippen LogP contribution in [0.15, 0.2) is 0 Å². The standard InChI is InChI=1S/C13H22O2/c1-5-15-12(14)10-6-9-7-11(8(10)2)13(9,3)4/h8-11H,5-7H2,1-4H3. The molecule has 86 valence electrons. The number of ether oxygens (including phenoxy) is 1. The smallest absolute Gasteiger partial charge is 0.309 e. The topological polar surface area (TPSA) is 26.3 Å². The molecule has 2 heteroatoms. The van der Waals surface area contributed by atoms with Crippen molar-refractivity contribution in [3.63, 3.8) is 0 Å². The molecule has 2 nitrogen and oxygen atoms in total. The van der Waals surface area contributed by atoms with Gasteiger partial charge < -0.3 is 4.74 Å². The predicted octanol–water partition coefficient (Wildman–Crippen LogP) is 2.87. The molecular weight excluding hydrogens is 188 g/mol. The molecule has 0 spiro atoms. The Kier molecular flexibility index (Phi) is 2.56. The first-order valence-corrected chi connectivity index (χ1v) is 6.15. The predicted molar refractivity (Wildman–Crippen MR) is 59.3 cm³/mol. The number of hydrogen-bond donors (Lipinski definition) is 0. The molecule has 3 rings (SSSR count). The number of hydrogen-bond acceptors (Lipinski definition) is 2. The van der Waals surface area contributed by atoms with Gasteiger partial charge in [-0.05, 0) is 42.9 Å². The van der Waals surface area contributed by atoms with Crippen LogP contribution in [0.1, 0.15) is 40.5 Å². The molecule has 0 aliphatic heterocycles. The van der Waals surface area contributed by atoms with Gasteiger partial charge in [0.15, 0.2) is 0 Å². The van der Waals surface area contributed by atoms with Crippen LogP contribution in [0.5, 0.6) is 0 Å². The van der Waals surface area contributed by atoms with Crippen molar-refractivity contribution in [2.45, 2.75) is 40.5 Å². The van der Waals surface area contributed by atoms with Crippen LogP contribution < -0.4 is 0 Å². The van der Waals surface area contributed by atoms with Gasteiger partial charge >= 0.3 is 5.97 Å². The summed E-state index contributed by atoms with van der Waals surface area (Å²) >= 11 is 0. The summed E-state index contributed by atoms with van der Waals surface area (Å²) in [4.78, 5) is 11.8. The third-order valence-corrected chi connectivity index (χ3v) is 4.94. The highest BCUT2D eigenvalue weighted by Crippen LogP contribution is 2.63. The summed E-state index contributed by atoms with van der Waals surface area (Å²) in [5.41, 5.74) is 0.461. The van der Waals surface area contributed by atoms with E-state index in [4.69, 9.17) is 4.74 Å². The fourth-order valence-corrected chi connectivity index (χ4v) is 3.71. The van der Waals surface area contributed by atoms with E-state index in [2.05, 4.69) is 20.8 Å². The minimum absolute atomic E-state index is 0.0372. The average Bonchev–Trinajstić information content (AvgIpc) is 2.17. The Morgan fingerprint density at radius 3 is 2.53 bits per heavy atom. The Balaban J connectivity index is 2.05. The molecule has 2 bridgehead atoms. The summed E-state index contributed by atoms with van der Waals surface area (Å²) < 4.78 is 5.15. The third kappa shape index (κ3) is 1.49. The molecule has 3 aliphatic carbocycles. The van der Waals surface area contributed by atoms with E-state index in [-0.39, 0.29) is 11.9 Å². The van der Waals surface area contributed by atoms with Crippen LogP contribution >= 0.6 is 0 Å². The maximum Gasteiger partial charge on any atom is 0.309 e. The van der Waals surface area contributed by atoms with Crippen LogP contribution in [0.3, 0.4) is 0 Å². The highest BCUT2D eigenvalue weighted by molar-refractivity contribution is 5.73. The molecule has 3 saturated carbocycles. The quantitative estimate of drug-likeness (QED) is 0.655. The van der Waals surface area contributed by atoms with E-state index in [0.29, 0.717) is 17.9 Å². The van der Waals surface area contributed by atoms with E-state index in [1.54, 1.807) is 0 Å². The first-order chi connectivity index (χ1) is 6.98. The van der Waals surface area contributed by atoms with Gasteiger partial charge in [-0.2, -0.15) is 0 Å². The van der Waals surface area contributed by atoms with Crippen molar-refractivity contribution < 1.29 is 9.53 Å². The number of esters is 1. The Labute approximate surface area is 92.4 Å². The fraction of sp³-hybridized carbons (Fsp3) is 0.923. The maximum atomic E-state index is 11.8.